The van der Waals surface area contributed by atoms with Gasteiger partial charge in [-0.2, -0.15) is 0 Å². The van der Waals surface area contributed by atoms with E-state index in [4.69, 9.17) is 4.74 Å². The van der Waals surface area contributed by atoms with Crippen LogP contribution in [0, 0.1) is 0 Å². The van der Waals surface area contributed by atoms with Crippen LogP contribution < -0.4 is 0 Å². The Balaban J connectivity index is 4.34. The summed E-state index contributed by atoms with van der Waals surface area (Å²) in [5.74, 6) is 0.770. The molecule has 0 saturated heterocycles. The summed E-state index contributed by atoms with van der Waals surface area (Å²) in [6.07, 6.45) is 13.1. The molecule has 0 aromatic carbocycles. The molecule has 0 N–H and O–H groups in total. The Labute approximate surface area is 131 Å². The van der Waals surface area contributed by atoms with Crippen LogP contribution >= 0.6 is 0 Å². The summed E-state index contributed by atoms with van der Waals surface area (Å²) >= 11 is 0. The van der Waals surface area contributed by atoms with Crippen LogP contribution in [0.1, 0.15) is 26.7 Å². The molecule has 3 heteroatoms. The lowest BCUT2D eigenvalue weighted by molar-refractivity contribution is -0.105. The van der Waals surface area contributed by atoms with Crippen molar-refractivity contribution in [2.75, 3.05) is 7.11 Å². The highest BCUT2D eigenvalue weighted by Crippen LogP contribution is 2.17. The van der Waals surface area contributed by atoms with Gasteiger partial charge in [0.2, 0.25) is 0 Å². The van der Waals surface area contributed by atoms with Gasteiger partial charge in [-0.25, -0.2) is 0 Å². The fraction of sp³-hybridized carbons (Fsp3) is 0.500. The molecule has 0 saturated carbocycles. The maximum Gasteiger partial charge on any atom is 0.149 e. The van der Waals surface area contributed by atoms with Crippen molar-refractivity contribution in [2.45, 2.75) is 52.4 Å². The molecule has 0 aliphatic heterocycles. The third-order valence-electron chi connectivity index (χ3n) is 3.06. The molecule has 0 amide bonds. The van der Waals surface area contributed by atoms with Gasteiger partial charge in [-0.05, 0) is 26.3 Å². The molecular weight excluding hydrogens is 276 g/mol. The van der Waals surface area contributed by atoms with E-state index in [0.29, 0.717) is 5.57 Å². The molecule has 0 radical (unpaired) electrons. The van der Waals surface area contributed by atoms with Gasteiger partial charge in [0.15, 0.2) is 0 Å². The molecule has 0 atom stereocenters. The predicted molar refractivity (Wildman–Crippen MR) is 95.2 cm³/mol. The van der Waals surface area contributed by atoms with E-state index in [2.05, 4.69) is 56.9 Å². The first-order valence-electron chi connectivity index (χ1n) is 7.51. The smallest absolute Gasteiger partial charge is 0.149 e. The summed E-state index contributed by atoms with van der Waals surface area (Å²) in [6.45, 7) is 11.0. The second-order valence-electron chi connectivity index (χ2n) is 6.36. The molecule has 0 fully saturated rings. The zero-order chi connectivity index (χ0) is 16.3. The monoisotopic (exact) mass is 306 g/mol. The van der Waals surface area contributed by atoms with Gasteiger partial charge in [0.25, 0.3) is 0 Å². The van der Waals surface area contributed by atoms with Crippen LogP contribution in [0.5, 0.6) is 0 Å². The normalized spacial score (nSPS) is 14.7. The molecule has 0 bridgehead atoms. The minimum Gasteiger partial charge on any atom is -0.501 e. The van der Waals surface area contributed by atoms with Gasteiger partial charge in [0.1, 0.15) is 12.0 Å². The number of hydrogen-bond acceptors (Lipinski definition) is 2. The van der Waals surface area contributed by atoms with E-state index < -0.39 is 8.07 Å². The number of carbonyl (C=O) groups is 1. The number of carbonyl (C=O) groups excluding carboxylic acids is 1. The molecule has 0 aliphatic carbocycles. The molecule has 0 aliphatic rings. The van der Waals surface area contributed by atoms with Crippen molar-refractivity contribution in [3.8, 4) is 0 Å². The van der Waals surface area contributed by atoms with Gasteiger partial charge < -0.3 is 4.74 Å². The van der Waals surface area contributed by atoms with Gasteiger partial charge in [-0.1, -0.05) is 55.6 Å². The summed E-state index contributed by atoms with van der Waals surface area (Å²) in [5.41, 5.74) is 2.08. The van der Waals surface area contributed by atoms with Crippen LogP contribution in [-0.2, 0) is 9.53 Å². The zero-order valence-corrected chi connectivity index (χ0v) is 15.4. The van der Waals surface area contributed by atoms with E-state index in [-0.39, 0.29) is 0 Å². The molecule has 0 rings (SSSR count). The molecule has 0 aromatic heterocycles. The fourth-order valence-electron chi connectivity index (χ4n) is 1.96. The molecule has 0 spiro atoms. The standard InChI is InChI=1S/C18H30O2Si/c1-7-17(15-21(4,5)6)12-10-8-9-11-13-18(20-3)16(2)14-19/h7-10,12,14H,11,13,15H2,1-6H3/b9-8+,12-10+,17-7+,18-16+. The third kappa shape index (κ3) is 10.1. The highest BCUT2D eigenvalue weighted by atomic mass is 28.3. The van der Waals surface area contributed by atoms with E-state index in [1.165, 1.54) is 11.6 Å². The van der Waals surface area contributed by atoms with Crippen LogP contribution in [0.2, 0.25) is 25.7 Å². The van der Waals surface area contributed by atoms with Gasteiger partial charge in [0, 0.05) is 20.1 Å². The summed E-state index contributed by atoms with van der Waals surface area (Å²) in [6, 6.07) is 1.21. The number of ether oxygens (including phenoxy) is 1. The number of methoxy groups -OCH3 is 1. The third-order valence-corrected chi connectivity index (χ3v) is 4.53. The van der Waals surface area contributed by atoms with Crippen molar-refractivity contribution >= 4 is 14.4 Å². The quantitative estimate of drug-likeness (QED) is 0.190. The Morgan fingerprint density at radius 3 is 2.33 bits per heavy atom. The van der Waals surface area contributed by atoms with Crippen LogP contribution in [-0.4, -0.2) is 21.5 Å². The minimum atomic E-state index is -1.05. The summed E-state index contributed by atoms with van der Waals surface area (Å²) in [5, 5.41) is 0. The second-order valence-corrected chi connectivity index (χ2v) is 11.8. The van der Waals surface area contributed by atoms with Crippen molar-refractivity contribution < 1.29 is 9.53 Å². The van der Waals surface area contributed by atoms with Crippen molar-refractivity contribution in [2.24, 2.45) is 0 Å². The van der Waals surface area contributed by atoms with Gasteiger partial charge in [-0.15, -0.1) is 0 Å². The van der Waals surface area contributed by atoms with E-state index in [1.54, 1.807) is 14.0 Å². The van der Waals surface area contributed by atoms with Crippen LogP contribution in [0.4, 0.5) is 0 Å². The summed E-state index contributed by atoms with van der Waals surface area (Å²) in [4.78, 5) is 10.7. The van der Waals surface area contributed by atoms with Gasteiger partial charge >= 0.3 is 0 Å². The fourth-order valence-corrected chi connectivity index (χ4v) is 3.51. The van der Waals surface area contributed by atoms with E-state index in [9.17, 15) is 4.79 Å². The van der Waals surface area contributed by atoms with Gasteiger partial charge in [-0.3, -0.25) is 4.79 Å². The first-order valence-corrected chi connectivity index (χ1v) is 11.2. The maximum absolute atomic E-state index is 10.7. The SMILES string of the molecule is C\C=C(/C=C/C=C/CC/C(OC)=C(/C)C=O)C[Si](C)(C)C. The minimum absolute atomic E-state index is 0.674. The van der Waals surface area contributed by atoms with Crippen LogP contribution in [0.15, 0.2) is 47.3 Å². The van der Waals surface area contributed by atoms with E-state index in [0.717, 1.165) is 24.9 Å². The number of rotatable bonds is 9. The predicted octanol–water partition coefficient (Wildman–Crippen LogP) is 5.28. The Hall–Kier alpha value is -1.35. The molecule has 118 valence electrons. The Bertz CT molecular complexity index is 435. The average Bonchev–Trinajstić information content (AvgIpc) is 2.43. The van der Waals surface area contributed by atoms with Crippen molar-refractivity contribution in [1.82, 2.24) is 0 Å². The molecule has 21 heavy (non-hydrogen) atoms. The van der Waals surface area contributed by atoms with E-state index in [1.807, 2.05) is 0 Å². The topological polar surface area (TPSA) is 26.3 Å². The van der Waals surface area contributed by atoms with Crippen molar-refractivity contribution in [1.29, 1.82) is 0 Å². The lowest BCUT2D eigenvalue weighted by atomic mass is 10.2. The number of allylic oxidation sites excluding steroid dienone is 8. The Morgan fingerprint density at radius 2 is 1.86 bits per heavy atom. The van der Waals surface area contributed by atoms with E-state index >= 15 is 0 Å². The first kappa shape index (κ1) is 19.6. The molecule has 0 heterocycles. The number of aldehydes is 1. The van der Waals surface area contributed by atoms with Crippen LogP contribution in [0.3, 0.4) is 0 Å². The average molecular weight is 307 g/mol. The zero-order valence-electron chi connectivity index (χ0n) is 14.4. The lowest BCUT2D eigenvalue weighted by Crippen LogP contribution is -2.19. The van der Waals surface area contributed by atoms with Crippen molar-refractivity contribution in [3.63, 3.8) is 0 Å². The molecule has 0 aromatic rings. The highest BCUT2D eigenvalue weighted by Gasteiger charge is 2.13. The first-order chi connectivity index (χ1) is 9.84. The van der Waals surface area contributed by atoms with Crippen LogP contribution in [0.25, 0.3) is 0 Å². The van der Waals surface area contributed by atoms with Crippen molar-refractivity contribution in [3.05, 3.63) is 47.3 Å². The molecular formula is C18H30O2Si. The Kier molecular flexibility index (Phi) is 9.72. The number of hydrogen-bond donors (Lipinski definition) is 0. The highest BCUT2D eigenvalue weighted by molar-refractivity contribution is 6.76. The van der Waals surface area contributed by atoms with Gasteiger partial charge in [0.05, 0.1) is 7.11 Å². The summed E-state index contributed by atoms with van der Waals surface area (Å²) in [7, 11) is 0.559. The summed E-state index contributed by atoms with van der Waals surface area (Å²) < 4.78 is 5.21. The maximum atomic E-state index is 10.7. The largest absolute Gasteiger partial charge is 0.501 e. The molecule has 0 unspecified atom stereocenters. The lowest BCUT2D eigenvalue weighted by Gasteiger charge is -2.15. The molecule has 2 nitrogen and oxygen atoms in total. The second kappa shape index (κ2) is 10.4. The Morgan fingerprint density at radius 1 is 1.19 bits per heavy atom.